The SMILES string of the molecule is CC(=O)O[C@]1(C(=O)CO)C(C)C[C@H]2[C@@H]3CCC4CC(=O)CC[C@]4(C)C3=CC[C@@]21C. The van der Waals surface area contributed by atoms with E-state index in [1.54, 1.807) is 0 Å². The van der Waals surface area contributed by atoms with E-state index >= 15 is 0 Å². The molecule has 29 heavy (non-hydrogen) atoms. The lowest BCUT2D eigenvalue weighted by Crippen LogP contribution is -2.60. The highest BCUT2D eigenvalue weighted by atomic mass is 16.6. The molecule has 2 unspecified atom stereocenters. The van der Waals surface area contributed by atoms with Gasteiger partial charge in [-0.1, -0.05) is 32.4 Å². The zero-order valence-corrected chi connectivity index (χ0v) is 18.1. The van der Waals surface area contributed by atoms with Crippen LogP contribution in [0.4, 0.5) is 0 Å². The minimum atomic E-state index is -1.26. The Morgan fingerprint density at radius 2 is 2.00 bits per heavy atom. The third kappa shape index (κ3) is 2.65. The molecule has 3 fully saturated rings. The van der Waals surface area contributed by atoms with Crippen LogP contribution in [0.3, 0.4) is 0 Å². The van der Waals surface area contributed by atoms with Gasteiger partial charge in [-0.05, 0) is 55.3 Å². The van der Waals surface area contributed by atoms with Crippen LogP contribution in [-0.4, -0.2) is 34.9 Å². The van der Waals surface area contributed by atoms with Crippen LogP contribution in [0.5, 0.6) is 0 Å². The van der Waals surface area contributed by atoms with E-state index in [0.717, 1.165) is 25.7 Å². The zero-order valence-electron chi connectivity index (χ0n) is 18.1. The van der Waals surface area contributed by atoms with E-state index in [1.807, 2.05) is 6.92 Å². The van der Waals surface area contributed by atoms with Gasteiger partial charge >= 0.3 is 5.97 Å². The standard InChI is InChI=1S/C24H34O5/c1-14-11-20-18-6-5-16-12-17(27)7-9-22(16,3)19(18)8-10-23(20,4)24(14,21(28)13-25)29-15(2)26/h8,14,16,18,20,25H,5-7,9-13H2,1-4H3/t14?,16?,18-,20+,22+,23+,24+/m1/s1. The van der Waals surface area contributed by atoms with Crippen LogP contribution in [0.25, 0.3) is 0 Å². The maximum absolute atomic E-state index is 13.0. The highest BCUT2D eigenvalue weighted by molar-refractivity contribution is 5.92. The predicted octanol–water partition coefficient (Wildman–Crippen LogP) is 3.63. The van der Waals surface area contributed by atoms with Crippen molar-refractivity contribution >= 4 is 17.5 Å². The normalized spacial score (nSPS) is 46.2. The molecule has 0 aliphatic heterocycles. The minimum Gasteiger partial charge on any atom is -0.450 e. The van der Waals surface area contributed by atoms with Crippen molar-refractivity contribution in [3.05, 3.63) is 11.6 Å². The first kappa shape index (κ1) is 20.8. The quantitative estimate of drug-likeness (QED) is 0.576. The summed E-state index contributed by atoms with van der Waals surface area (Å²) in [5, 5.41) is 9.76. The highest BCUT2D eigenvalue weighted by Gasteiger charge is 2.70. The summed E-state index contributed by atoms with van der Waals surface area (Å²) in [6.07, 6.45) is 8.14. The van der Waals surface area contributed by atoms with Crippen molar-refractivity contribution in [3.8, 4) is 0 Å². The number of ether oxygens (including phenoxy) is 1. The summed E-state index contributed by atoms with van der Waals surface area (Å²) in [5.41, 5.74) is -0.235. The molecule has 4 aliphatic rings. The number of ketones is 2. The van der Waals surface area contributed by atoms with E-state index in [1.165, 1.54) is 12.5 Å². The van der Waals surface area contributed by atoms with Crippen molar-refractivity contribution < 1.29 is 24.2 Å². The van der Waals surface area contributed by atoms with E-state index in [-0.39, 0.29) is 23.0 Å². The topological polar surface area (TPSA) is 80.7 Å². The molecule has 5 heteroatoms. The Morgan fingerprint density at radius 1 is 1.28 bits per heavy atom. The summed E-state index contributed by atoms with van der Waals surface area (Å²) in [4.78, 5) is 37.1. The van der Waals surface area contributed by atoms with Gasteiger partial charge in [-0.3, -0.25) is 14.4 Å². The van der Waals surface area contributed by atoms with Gasteiger partial charge in [0.1, 0.15) is 12.4 Å². The largest absolute Gasteiger partial charge is 0.450 e. The van der Waals surface area contributed by atoms with Crippen molar-refractivity contribution in [2.45, 2.75) is 78.2 Å². The summed E-state index contributed by atoms with van der Waals surface area (Å²) >= 11 is 0. The van der Waals surface area contributed by atoms with E-state index in [4.69, 9.17) is 4.74 Å². The third-order valence-electron chi connectivity index (χ3n) is 9.25. The molecule has 0 aromatic heterocycles. The molecule has 0 spiro atoms. The second-order valence-corrected chi connectivity index (χ2v) is 10.5. The number of carbonyl (C=O) groups excluding carboxylic acids is 3. The van der Waals surface area contributed by atoms with Gasteiger partial charge in [0.25, 0.3) is 0 Å². The fourth-order valence-electron chi connectivity index (χ4n) is 7.86. The maximum atomic E-state index is 13.0. The van der Waals surface area contributed by atoms with E-state index in [9.17, 15) is 19.5 Å². The van der Waals surface area contributed by atoms with Gasteiger partial charge < -0.3 is 9.84 Å². The van der Waals surface area contributed by atoms with Crippen LogP contribution in [0.2, 0.25) is 0 Å². The Bertz CT molecular complexity index is 784. The van der Waals surface area contributed by atoms with Gasteiger partial charge in [-0.15, -0.1) is 0 Å². The van der Waals surface area contributed by atoms with Gasteiger partial charge in [-0.25, -0.2) is 0 Å². The number of hydrogen-bond donors (Lipinski definition) is 1. The molecular weight excluding hydrogens is 368 g/mol. The van der Waals surface area contributed by atoms with Crippen molar-refractivity contribution in [1.29, 1.82) is 0 Å². The average Bonchev–Trinajstić information content (AvgIpc) is 2.89. The van der Waals surface area contributed by atoms with Crippen LogP contribution in [0, 0.1) is 34.5 Å². The second kappa shape index (κ2) is 6.76. The Labute approximate surface area is 173 Å². The number of fused-ring (bicyclic) bond motifs is 5. The van der Waals surface area contributed by atoms with Crippen molar-refractivity contribution in [1.82, 2.24) is 0 Å². The Hall–Kier alpha value is -1.49. The number of hydrogen-bond acceptors (Lipinski definition) is 5. The molecule has 0 radical (unpaired) electrons. The van der Waals surface area contributed by atoms with Crippen molar-refractivity contribution in [3.63, 3.8) is 0 Å². The lowest BCUT2D eigenvalue weighted by molar-refractivity contribution is -0.189. The third-order valence-corrected chi connectivity index (χ3v) is 9.25. The molecule has 0 bridgehead atoms. The molecule has 160 valence electrons. The molecule has 4 rings (SSSR count). The van der Waals surface area contributed by atoms with Crippen molar-refractivity contribution in [2.75, 3.05) is 6.61 Å². The van der Waals surface area contributed by atoms with Crippen LogP contribution in [-0.2, 0) is 19.1 Å². The monoisotopic (exact) mass is 402 g/mol. The van der Waals surface area contributed by atoms with Crippen LogP contribution in [0.15, 0.2) is 11.6 Å². The molecule has 4 aliphatic carbocycles. The molecular formula is C24H34O5. The maximum Gasteiger partial charge on any atom is 0.303 e. The summed E-state index contributed by atoms with van der Waals surface area (Å²) < 4.78 is 5.84. The first-order valence-electron chi connectivity index (χ1n) is 11.2. The van der Waals surface area contributed by atoms with Gasteiger partial charge in [-0.2, -0.15) is 0 Å². The van der Waals surface area contributed by atoms with Gasteiger partial charge in [0.15, 0.2) is 5.60 Å². The predicted molar refractivity (Wildman–Crippen MR) is 108 cm³/mol. The molecule has 0 aromatic carbocycles. The number of esters is 1. The fourth-order valence-corrected chi connectivity index (χ4v) is 7.86. The summed E-state index contributed by atoms with van der Waals surface area (Å²) in [6.45, 7) is 7.16. The van der Waals surface area contributed by atoms with E-state index in [0.29, 0.717) is 36.9 Å². The first-order chi connectivity index (χ1) is 13.6. The van der Waals surface area contributed by atoms with Crippen molar-refractivity contribution in [2.24, 2.45) is 34.5 Å². The molecule has 3 saturated carbocycles. The van der Waals surface area contributed by atoms with Gasteiger partial charge in [0, 0.05) is 31.1 Å². The highest BCUT2D eigenvalue weighted by Crippen LogP contribution is 2.68. The fraction of sp³-hybridized carbons (Fsp3) is 0.792. The van der Waals surface area contributed by atoms with Crippen LogP contribution < -0.4 is 0 Å². The average molecular weight is 403 g/mol. The Kier molecular flexibility index (Phi) is 4.84. The summed E-state index contributed by atoms with van der Waals surface area (Å²) in [5.74, 6) is 0.447. The van der Waals surface area contributed by atoms with Gasteiger partial charge in [0.2, 0.25) is 5.78 Å². The lowest BCUT2D eigenvalue weighted by atomic mass is 9.48. The number of Topliss-reactive ketones (excluding diaryl/α,β-unsaturated/α-hetero) is 2. The summed E-state index contributed by atoms with van der Waals surface area (Å²) in [7, 11) is 0. The molecule has 0 heterocycles. The number of allylic oxidation sites excluding steroid dienone is 2. The zero-order chi connectivity index (χ0) is 21.2. The molecule has 0 aromatic rings. The molecule has 0 saturated heterocycles. The van der Waals surface area contributed by atoms with Crippen LogP contribution >= 0.6 is 0 Å². The van der Waals surface area contributed by atoms with E-state index < -0.39 is 23.6 Å². The van der Waals surface area contributed by atoms with Crippen LogP contribution in [0.1, 0.15) is 72.6 Å². The number of rotatable bonds is 3. The second-order valence-electron chi connectivity index (χ2n) is 10.5. The van der Waals surface area contributed by atoms with E-state index in [2.05, 4.69) is 19.9 Å². The molecule has 5 nitrogen and oxygen atoms in total. The number of aliphatic hydroxyl groups is 1. The van der Waals surface area contributed by atoms with Gasteiger partial charge in [0.05, 0.1) is 0 Å². The minimum absolute atomic E-state index is 0.0645. The summed E-state index contributed by atoms with van der Waals surface area (Å²) in [6, 6.07) is 0. The Balaban J connectivity index is 1.78. The smallest absolute Gasteiger partial charge is 0.303 e. The molecule has 7 atom stereocenters. The Morgan fingerprint density at radius 3 is 2.66 bits per heavy atom. The lowest BCUT2D eigenvalue weighted by Gasteiger charge is -2.57. The number of aliphatic hydroxyl groups excluding tert-OH is 1. The first-order valence-corrected chi connectivity index (χ1v) is 11.2. The molecule has 1 N–H and O–H groups in total. The number of carbonyl (C=O) groups is 3. The molecule has 0 amide bonds.